The van der Waals surface area contributed by atoms with Crippen LogP contribution in [0.2, 0.25) is 0 Å². The van der Waals surface area contributed by atoms with Gasteiger partial charge in [-0.25, -0.2) is 4.39 Å². The molecule has 2 aromatic rings. The summed E-state index contributed by atoms with van der Waals surface area (Å²) in [4.78, 5) is 13.5. The van der Waals surface area contributed by atoms with E-state index in [-0.39, 0.29) is 18.3 Å². The van der Waals surface area contributed by atoms with Gasteiger partial charge in [-0.1, -0.05) is 6.07 Å². The number of halogens is 1. The molecule has 0 radical (unpaired) electrons. The van der Waals surface area contributed by atoms with Crippen molar-refractivity contribution < 1.29 is 18.7 Å². The Balaban J connectivity index is 1.81. The maximum absolute atomic E-state index is 13.0. The van der Waals surface area contributed by atoms with Gasteiger partial charge >= 0.3 is 0 Å². The van der Waals surface area contributed by atoms with Crippen molar-refractivity contribution in [2.45, 2.75) is 6.61 Å². The number of methoxy groups -OCH3 is 1. The molecule has 0 atom stereocenters. The Hall–Kier alpha value is -2.93. The molecule has 1 heterocycles. The molecule has 5 nitrogen and oxygen atoms in total. The van der Waals surface area contributed by atoms with Crippen LogP contribution in [0.3, 0.4) is 0 Å². The fraction of sp³-hybridized carbons (Fsp3) is 0.158. The molecule has 0 aromatic heterocycles. The molecule has 0 saturated carbocycles. The highest BCUT2D eigenvalue weighted by Crippen LogP contribution is 2.24. The molecule has 3 rings (SSSR count). The first kappa shape index (κ1) is 17.9. The van der Waals surface area contributed by atoms with Crippen LogP contribution in [0.1, 0.15) is 11.1 Å². The molecule has 2 aromatic carbocycles. The Morgan fingerprint density at radius 3 is 2.58 bits per heavy atom. The Bertz CT molecular complexity index is 881. The molecular formula is C19H17FN2O3S. The molecule has 134 valence electrons. The molecule has 1 amide bonds. The van der Waals surface area contributed by atoms with Crippen LogP contribution < -0.4 is 14.8 Å². The van der Waals surface area contributed by atoms with Crippen molar-refractivity contribution in [1.29, 1.82) is 0 Å². The second-order valence-corrected chi connectivity index (χ2v) is 6.05. The second-order valence-electron chi connectivity index (χ2n) is 5.67. The van der Waals surface area contributed by atoms with E-state index in [9.17, 15) is 9.18 Å². The minimum Gasteiger partial charge on any atom is -0.496 e. The lowest BCUT2D eigenvalue weighted by molar-refractivity contribution is -0.121. The number of amides is 1. The molecule has 1 fully saturated rings. The summed E-state index contributed by atoms with van der Waals surface area (Å²) in [5.41, 5.74) is 2.01. The third-order valence-electron chi connectivity index (χ3n) is 3.90. The summed E-state index contributed by atoms with van der Waals surface area (Å²) in [5, 5.41) is 3.25. The van der Waals surface area contributed by atoms with E-state index in [2.05, 4.69) is 5.32 Å². The number of likely N-dealkylation sites (N-methyl/N-ethyl adjacent to an activating group) is 1. The highest BCUT2D eigenvalue weighted by atomic mass is 32.1. The number of rotatable bonds is 5. The maximum Gasteiger partial charge on any atom is 0.276 e. The van der Waals surface area contributed by atoms with E-state index in [0.717, 1.165) is 11.1 Å². The van der Waals surface area contributed by atoms with Gasteiger partial charge in [0, 0.05) is 12.6 Å². The van der Waals surface area contributed by atoms with Crippen LogP contribution in [0.15, 0.2) is 48.2 Å². The van der Waals surface area contributed by atoms with E-state index in [1.54, 1.807) is 38.4 Å². The molecule has 0 bridgehead atoms. The molecule has 1 aliphatic rings. The van der Waals surface area contributed by atoms with Crippen molar-refractivity contribution in [2.24, 2.45) is 0 Å². The number of ether oxygens (including phenoxy) is 2. The molecule has 26 heavy (non-hydrogen) atoms. The Labute approximate surface area is 156 Å². The summed E-state index contributed by atoms with van der Waals surface area (Å²) >= 11 is 5.07. The first-order chi connectivity index (χ1) is 12.5. The number of carbonyl (C=O) groups is 1. The van der Waals surface area contributed by atoms with Gasteiger partial charge in [-0.05, 0) is 60.3 Å². The smallest absolute Gasteiger partial charge is 0.276 e. The Morgan fingerprint density at radius 2 is 1.96 bits per heavy atom. The summed E-state index contributed by atoms with van der Waals surface area (Å²) < 4.78 is 24.0. The minimum atomic E-state index is -0.319. The zero-order valence-corrected chi connectivity index (χ0v) is 15.1. The average Bonchev–Trinajstić information content (AvgIpc) is 2.88. The number of carbonyl (C=O) groups excluding carboxylic acids is 1. The number of benzene rings is 2. The van der Waals surface area contributed by atoms with Crippen LogP contribution in [0.5, 0.6) is 11.5 Å². The van der Waals surface area contributed by atoms with Crippen molar-refractivity contribution in [2.75, 3.05) is 14.2 Å². The van der Waals surface area contributed by atoms with Gasteiger partial charge < -0.3 is 14.8 Å². The number of hydrogen-bond acceptors (Lipinski definition) is 4. The van der Waals surface area contributed by atoms with Gasteiger partial charge in [0.1, 0.15) is 29.6 Å². The maximum atomic E-state index is 13.0. The van der Waals surface area contributed by atoms with Crippen molar-refractivity contribution >= 4 is 29.3 Å². The van der Waals surface area contributed by atoms with E-state index in [4.69, 9.17) is 21.7 Å². The molecule has 0 aliphatic carbocycles. The van der Waals surface area contributed by atoms with Crippen molar-refractivity contribution in [3.05, 3.63) is 65.1 Å². The third-order valence-corrected chi connectivity index (χ3v) is 4.28. The molecule has 0 spiro atoms. The van der Waals surface area contributed by atoms with Gasteiger partial charge in [0.2, 0.25) is 0 Å². The second kappa shape index (κ2) is 7.53. The highest BCUT2D eigenvalue weighted by molar-refractivity contribution is 7.80. The molecular weight excluding hydrogens is 355 g/mol. The zero-order chi connectivity index (χ0) is 18.7. The number of hydrogen-bond donors (Lipinski definition) is 1. The number of nitrogens with zero attached hydrogens (tertiary/aromatic N) is 1. The van der Waals surface area contributed by atoms with Gasteiger partial charge in [-0.3, -0.25) is 9.69 Å². The molecule has 1 aliphatic heterocycles. The zero-order valence-electron chi connectivity index (χ0n) is 14.3. The Morgan fingerprint density at radius 1 is 1.23 bits per heavy atom. The first-order valence-electron chi connectivity index (χ1n) is 7.84. The SMILES string of the molecule is COc1ccc(/C=C2\NC(=S)N(C)C2=O)cc1COc1ccc(F)cc1. The lowest BCUT2D eigenvalue weighted by atomic mass is 10.1. The van der Waals surface area contributed by atoms with Gasteiger partial charge in [0.15, 0.2) is 5.11 Å². The van der Waals surface area contributed by atoms with E-state index >= 15 is 0 Å². The monoisotopic (exact) mass is 372 g/mol. The average molecular weight is 372 g/mol. The molecule has 1 N–H and O–H groups in total. The fourth-order valence-corrected chi connectivity index (χ4v) is 2.68. The molecule has 0 unspecified atom stereocenters. The van der Waals surface area contributed by atoms with Gasteiger partial charge in [-0.2, -0.15) is 0 Å². The van der Waals surface area contributed by atoms with Gasteiger partial charge in [0.25, 0.3) is 5.91 Å². The van der Waals surface area contributed by atoms with Crippen molar-refractivity contribution in [3.8, 4) is 11.5 Å². The lowest BCUT2D eigenvalue weighted by Crippen LogP contribution is -2.25. The fourth-order valence-electron chi connectivity index (χ4n) is 2.48. The van der Waals surface area contributed by atoms with Crippen molar-refractivity contribution in [3.63, 3.8) is 0 Å². The van der Waals surface area contributed by atoms with E-state index < -0.39 is 0 Å². The quantitative estimate of drug-likeness (QED) is 0.646. The summed E-state index contributed by atoms with van der Waals surface area (Å²) in [7, 11) is 3.19. The summed E-state index contributed by atoms with van der Waals surface area (Å²) in [6, 6.07) is 11.3. The summed E-state index contributed by atoms with van der Waals surface area (Å²) in [5.74, 6) is 0.708. The van der Waals surface area contributed by atoms with Crippen LogP contribution in [0.4, 0.5) is 4.39 Å². The van der Waals surface area contributed by atoms with Crippen LogP contribution in [-0.2, 0) is 11.4 Å². The molecule has 7 heteroatoms. The van der Waals surface area contributed by atoms with Crippen LogP contribution in [0.25, 0.3) is 6.08 Å². The standard InChI is InChI=1S/C19H17FN2O3S/c1-22-18(23)16(21-19(22)26)10-12-3-8-17(24-2)13(9-12)11-25-15-6-4-14(20)5-7-15/h3-10H,11H2,1-2H3,(H,21,26)/b16-10-. The predicted octanol–water partition coefficient (Wildman–Crippen LogP) is 3.10. The van der Waals surface area contributed by atoms with E-state index in [1.165, 1.54) is 17.0 Å². The minimum absolute atomic E-state index is 0.185. The van der Waals surface area contributed by atoms with E-state index in [0.29, 0.717) is 22.3 Å². The summed E-state index contributed by atoms with van der Waals surface area (Å²) in [6.07, 6.45) is 1.72. The topological polar surface area (TPSA) is 50.8 Å². The van der Waals surface area contributed by atoms with Crippen LogP contribution in [-0.4, -0.2) is 30.1 Å². The molecule has 1 saturated heterocycles. The Kier molecular flexibility index (Phi) is 5.18. The third kappa shape index (κ3) is 3.83. The largest absolute Gasteiger partial charge is 0.496 e. The predicted molar refractivity (Wildman–Crippen MR) is 100 cm³/mol. The lowest BCUT2D eigenvalue weighted by Gasteiger charge is -2.11. The van der Waals surface area contributed by atoms with Crippen LogP contribution >= 0.6 is 12.2 Å². The normalized spacial score (nSPS) is 15.3. The number of nitrogens with one attached hydrogen (secondary N) is 1. The van der Waals surface area contributed by atoms with Gasteiger partial charge in [-0.15, -0.1) is 0 Å². The van der Waals surface area contributed by atoms with Crippen molar-refractivity contribution in [1.82, 2.24) is 10.2 Å². The summed E-state index contributed by atoms with van der Waals surface area (Å²) in [6.45, 7) is 0.242. The van der Waals surface area contributed by atoms with Crippen LogP contribution in [0, 0.1) is 5.82 Å². The van der Waals surface area contributed by atoms with Gasteiger partial charge in [0.05, 0.1) is 7.11 Å². The van der Waals surface area contributed by atoms with E-state index in [1.807, 2.05) is 12.1 Å². The number of thiocarbonyl (C=S) groups is 1. The highest BCUT2D eigenvalue weighted by Gasteiger charge is 2.26. The first-order valence-corrected chi connectivity index (χ1v) is 8.25.